The molecular formula is C22H19FN8O. The molecule has 0 unspecified atom stereocenters. The average molecular weight is 430 g/mol. The van der Waals surface area contributed by atoms with Gasteiger partial charge in [0.1, 0.15) is 17.7 Å². The number of amides is 1. The van der Waals surface area contributed by atoms with Gasteiger partial charge in [0.25, 0.3) is 5.91 Å². The van der Waals surface area contributed by atoms with Gasteiger partial charge in [-0.1, -0.05) is 18.2 Å². The lowest BCUT2D eigenvalue weighted by atomic mass is 10.0. The van der Waals surface area contributed by atoms with Crippen LogP contribution in [0.25, 0.3) is 27.7 Å². The van der Waals surface area contributed by atoms with Crippen LogP contribution in [-0.4, -0.2) is 37.0 Å². The maximum Gasteiger partial charge on any atom is 0.253 e. The van der Waals surface area contributed by atoms with Crippen molar-refractivity contribution in [2.75, 3.05) is 17.6 Å². The number of hydrogen-bond acceptors (Lipinski definition) is 6. The van der Waals surface area contributed by atoms with Crippen molar-refractivity contribution in [3.8, 4) is 11.1 Å². The van der Waals surface area contributed by atoms with Gasteiger partial charge in [0.05, 0.1) is 22.3 Å². The zero-order chi connectivity index (χ0) is 22.2. The molecule has 3 heterocycles. The number of H-pyrrole nitrogens is 1. The Bertz CT molecular complexity index is 1440. The molecule has 0 saturated carbocycles. The van der Waals surface area contributed by atoms with E-state index in [0.717, 1.165) is 11.0 Å². The molecule has 0 atom stereocenters. The number of nitrogens with zero attached hydrogens (tertiary/aromatic N) is 4. The molecule has 3 aromatic heterocycles. The van der Waals surface area contributed by atoms with Crippen LogP contribution in [0.2, 0.25) is 0 Å². The number of nitrogens with two attached hydrogens (primary N) is 1. The monoisotopic (exact) mass is 430 g/mol. The molecule has 9 nitrogen and oxygen atoms in total. The van der Waals surface area contributed by atoms with E-state index in [1.807, 2.05) is 31.2 Å². The second-order valence-corrected chi connectivity index (χ2v) is 7.14. The zero-order valence-electron chi connectivity index (χ0n) is 17.1. The van der Waals surface area contributed by atoms with Crippen molar-refractivity contribution >= 4 is 39.9 Å². The Balaban J connectivity index is 1.57. The number of hydrogen-bond donors (Lipinski definition) is 4. The molecule has 0 bridgehead atoms. The number of imidazole rings is 1. The Labute approximate surface area is 181 Å². The van der Waals surface area contributed by atoms with E-state index in [4.69, 9.17) is 5.73 Å². The molecule has 2 aromatic carbocycles. The van der Waals surface area contributed by atoms with Gasteiger partial charge in [-0.15, -0.1) is 0 Å². The molecule has 32 heavy (non-hydrogen) atoms. The van der Waals surface area contributed by atoms with Crippen LogP contribution in [0.5, 0.6) is 0 Å². The second-order valence-electron chi connectivity index (χ2n) is 7.14. The first kappa shape index (κ1) is 19.5. The fourth-order valence-corrected chi connectivity index (χ4v) is 3.67. The van der Waals surface area contributed by atoms with Gasteiger partial charge >= 0.3 is 0 Å². The average Bonchev–Trinajstić information content (AvgIpc) is 3.37. The minimum atomic E-state index is -0.514. The molecule has 5 rings (SSSR count). The quantitative estimate of drug-likeness (QED) is 0.338. The van der Waals surface area contributed by atoms with E-state index in [2.05, 4.69) is 30.7 Å². The SMILES string of the molecule is CCNC(=O)c1cn2ncnc(N)c2c1-c1ccc(Nc2nc3ccccc3[nH]2)c(F)c1. The minimum Gasteiger partial charge on any atom is -0.382 e. The van der Waals surface area contributed by atoms with E-state index >= 15 is 4.39 Å². The maximum absolute atomic E-state index is 15.1. The van der Waals surface area contributed by atoms with Crippen LogP contribution < -0.4 is 16.4 Å². The molecule has 0 aliphatic carbocycles. The lowest BCUT2D eigenvalue weighted by Gasteiger charge is -2.09. The number of nitrogen functional groups attached to an aromatic ring is 1. The number of benzene rings is 2. The summed E-state index contributed by atoms with van der Waals surface area (Å²) in [7, 11) is 0. The molecule has 5 aromatic rings. The number of rotatable bonds is 5. The zero-order valence-corrected chi connectivity index (χ0v) is 17.1. The van der Waals surface area contributed by atoms with E-state index in [1.54, 1.807) is 18.3 Å². The number of anilines is 3. The maximum atomic E-state index is 15.1. The Kier molecular flexibility index (Phi) is 4.66. The van der Waals surface area contributed by atoms with Gasteiger partial charge in [-0.05, 0) is 36.8 Å². The van der Waals surface area contributed by atoms with Crippen molar-refractivity contribution < 1.29 is 9.18 Å². The Morgan fingerprint density at radius 3 is 2.88 bits per heavy atom. The first-order valence-corrected chi connectivity index (χ1v) is 9.97. The van der Waals surface area contributed by atoms with Crippen molar-refractivity contribution in [3.63, 3.8) is 0 Å². The number of fused-ring (bicyclic) bond motifs is 2. The van der Waals surface area contributed by atoms with Crippen LogP contribution in [0.3, 0.4) is 0 Å². The fourth-order valence-electron chi connectivity index (χ4n) is 3.67. The van der Waals surface area contributed by atoms with Gasteiger partial charge in [-0.25, -0.2) is 18.9 Å². The topological polar surface area (TPSA) is 126 Å². The summed E-state index contributed by atoms with van der Waals surface area (Å²) < 4.78 is 16.6. The number of halogens is 1. The normalized spacial score (nSPS) is 11.2. The molecular weight excluding hydrogens is 411 g/mol. The molecule has 0 aliphatic heterocycles. The summed E-state index contributed by atoms with van der Waals surface area (Å²) in [5.74, 6) is -0.208. The summed E-state index contributed by atoms with van der Waals surface area (Å²) >= 11 is 0. The number of nitrogens with one attached hydrogen (secondary N) is 3. The van der Waals surface area contributed by atoms with Crippen molar-refractivity contribution in [1.82, 2.24) is 29.9 Å². The molecule has 5 N–H and O–H groups in total. The Morgan fingerprint density at radius 2 is 2.09 bits per heavy atom. The number of carbonyl (C=O) groups excluding carboxylic acids is 1. The first-order chi connectivity index (χ1) is 15.5. The summed E-state index contributed by atoms with van der Waals surface area (Å²) in [5.41, 5.74) is 9.62. The van der Waals surface area contributed by atoms with Crippen LogP contribution in [0.15, 0.2) is 55.0 Å². The van der Waals surface area contributed by atoms with Gasteiger partial charge in [0, 0.05) is 18.3 Å². The third kappa shape index (κ3) is 3.27. The van der Waals surface area contributed by atoms with Crippen molar-refractivity contribution in [2.45, 2.75) is 6.92 Å². The van der Waals surface area contributed by atoms with Gasteiger partial charge in [-0.3, -0.25) is 4.79 Å². The molecule has 0 aliphatic rings. The van der Waals surface area contributed by atoms with Crippen LogP contribution >= 0.6 is 0 Å². The molecule has 1 amide bonds. The minimum absolute atomic E-state index is 0.190. The molecule has 10 heteroatoms. The highest BCUT2D eigenvalue weighted by Gasteiger charge is 2.22. The molecule has 0 fully saturated rings. The molecule has 0 radical (unpaired) electrons. The molecule has 0 saturated heterocycles. The highest BCUT2D eigenvalue weighted by Crippen LogP contribution is 2.34. The standard InChI is InChI=1S/C22H19FN8O/c1-2-25-21(32)13-10-31-19(20(24)26-11-27-31)18(13)12-7-8-15(14(23)9-12)28-22-29-16-5-3-4-6-17(16)30-22/h3-11H,2H2,1H3,(H,25,32)(H2,24,26,27)(H2,28,29,30). The summed E-state index contributed by atoms with van der Waals surface area (Å²) in [6, 6.07) is 12.2. The molecule has 0 spiro atoms. The Hall–Kier alpha value is -4.47. The van der Waals surface area contributed by atoms with E-state index in [1.165, 1.54) is 16.9 Å². The van der Waals surface area contributed by atoms with E-state index in [-0.39, 0.29) is 17.4 Å². The lowest BCUT2D eigenvalue weighted by molar-refractivity contribution is 0.0956. The summed E-state index contributed by atoms with van der Waals surface area (Å²) in [6.45, 7) is 2.26. The van der Waals surface area contributed by atoms with E-state index in [9.17, 15) is 4.79 Å². The van der Waals surface area contributed by atoms with Crippen molar-refractivity contribution in [2.24, 2.45) is 0 Å². The predicted octanol–water partition coefficient (Wildman–Crippen LogP) is 3.49. The summed E-state index contributed by atoms with van der Waals surface area (Å²) in [5, 5.41) is 9.86. The van der Waals surface area contributed by atoms with E-state index in [0.29, 0.717) is 34.7 Å². The first-order valence-electron chi connectivity index (χ1n) is 9.97. The van der Waals surface area contributed by atoms with E-state index < -0.39 is 5.82 Å². The largest absolute Gasteiger partial charge is 0.382 e. The fraction of sp³-hybridized carbons (Fsp3) is 0.0909. The van der Waals surface area contributed by atoms with Gasteiger partial charge < -0.3 is 21.4 Å². The number of aromatic amines is 1. The number of carbonyl (C=O) groups is 1. The van der Waals surface area contributed by atoms with Crippen LogP contribution in [0.1, 0.15) is 17.3 Å². The van der Waals surface area contributed by atoms with Crippen molar-refractivity contribution in [3.05, 3.63) is 66.4 Å². The number of aromatic nitrogens is 5. The van der Waals surface area contributed by atoms with Crippen LogP contribution in [-0.2, 0) is 0 Å². The Morgan fingerprint density at radius 1 is 1.25 bits per heavy atom. The summed E-state index contributed by atoms with van der Waals surface area (Å²) in [6.07, 6.45) is 2.86. The molecule has 160 valence electrons. The smallest absolute Gasteiger partial charge is 0.253 e. The van der Waals surface area contributed by atoms with Crippen LogP contribution in [0.4, 0.5) is 21.8 Å². The highest BCUT2D eigenvalue weighted by atomic mass is 19.1. The van der Waals surface area contributed by atoms with Crippen LogP contribution in [0, 0.1) is 5.82 Å². The van der Waals surface area contributed by atoms with Gasteiger partial charge in [0.2, 0.25) is 5.95 Å². The summed E-state index contributed by atoms with van der Waals surface area (Å²) in [4.78, 5) is 24.2. The lowest BCUT2D eigenvalue weighted by Crippen LogP contribution is -2.22. The highest BCUT2D eigenvalue weighted by molar-refractivity contribution is 6.07. The predicted molar refractivity (Wildman–Crippen MR) is 120 cm³/mol. The van der Waals surface area contributed by atoms with Crippen molar-refractivity contribution in [1.29, 1.82) is 0 Å². The van der Waals surface area contributed by atoms with Gasteiger partial charge in [0.15, 0.2) is 5.82 Å². The van der Waals surface area contributed by atoms with Gasteiger partial charge in [-0.2, -0.15) is 5.10 Å². The third-order valence-electron chi connectivity index (χ3n) is 5.08. The number of para-hydroxylation sites is 2. The second kappa shape index (κ2) is 7.65. The third-order valence-corrected chi connectivity index (χ3v) is 5.08.